The number of methoxy groups -OCH3 is 1. The first-order chi connectivity index (χ1) is 5.45. The van der Waals surface area contributed by atoms with Crippen molar-refractivity contribution in [2.45, 2.75) is 13.8 Å². The van der Waals surface area contributed by atoms with Crippen LogP contribution >= 0.6 is 0 Å². The van der Waals surface area contributed by atoms with E-state index in [9.17, 15) is 4.79 Å². The molecule has 68 valence electrons. The van der Waals surface area contributed by atoms with Gasteiger partial charge < -0.3 is 4.74 Å². The molecule has 0 radical (unpaired) electrons. The Balaban J connectivity index is 0. The monoisotopic (exact) mass is 168 g/mol. The average molecular weight is 168 g/mol. The first-order valence-electron chi connectivity index (χ1n) is 3.47. The minimum Gasteiger partial charge on any atom is -0.466 e. The quantitative estimate of drug-likeness (QED) is 0.359. The molecule has 0 aromatic rings. The molecule has 2 nitrogen and oxygen atoms in total. The zero-order valence-corrected chi connectivity index (χ0v) is 8.02. The predicted molar refractivity (Wildman–Crippen MR) is 51.8 cm³/mol. The number of carbonyl (C=O) groups is 1. The summed E-state index contributed by atoms with van der Waals surface area (Å²) in [7, 11) is 1.33. The lowest BCUT2D eigenvalue weighted by Crippen LogP contribution is -1.98. The Morgan fingerprint density at radius 2 is 1.67 bits per heavy atom. The summed E-state index contributed by atoms with van der Waals surface area (Å²) >= 11 is 0. The number of carbonyl (C=O) groups excluding carboxylic acids is 1. The number of allylic oxidation sites excluding steroid dienone is 2. The van der Waals surface area contributed by atoms with Gasteiger partial charge in [0, 0.05) is 5.57 Å². The van der Waals surface area contributed by atoms with Crippen LogP contribution in [-0.2, 0) is 9.53 Å². The molecule has 0 amide bonds. The van der Waals surface area contributed by atoms with Gasteiger partial charge >= 0.3 is 5.97 Å². The summed E-state index contributed by atoms with van der Waals surface area (Å²) in [4.78, 5) is 10.2. The molecule has 0 unspecified atom stereocenters. The Hall–Kier alpha value is -1.31. The molecule has 12 heavy (non-hydrogen) atoms. The highest BCUT2D eigenvalue weighted by atomic mass is 16.5. The van der Waals surface area contributed by atoms with Crippen molar-refractivity contribution in [3.05, 3.63) is 37.0 Å². The van der Waals surface area contributed by atoms with E-state index < -0.39 is 0 Å². The molecule has 0 rings (SSSR count). The molecule has 0 aliphatic heterocycles. The number of rotatable bonds is 2. The van der Waals surface area contributed by atoms with E-state index in [-0.39, 0.29) is 5.97 Å². The van der Waals surface area contributed by atoms with Gasteiger partial charge in [0.25, 0.3) is 0 Å². The van der Waals surface area contributed by atoms with Crippen molar-refractivity contribution < 1.29 is 9.53 Å². The normalized spacial score (nSPS) is 7.25. The fraction of sp³-hybridized carbons (Fsp3) is 0.300. The van der Waals surface area contributed by atoms with Gasteiger partial charge in [0.2, 0.25) is 0 Å². The van der Waals surface area contributed by atoms with Gasteiger partial charge in [-0.05, 0) is 13.8 Å². The Kier molecular flexibility index (Phi) is 8.63. The summed E-state index contributed by atoms with van der Waals surface area (Å²) in [5.74, 6) is -0.347. The number of hydrogen-bond donors (Lipinski definition) is 0. The number of ether oxygens (including phenoxy) is 1. The first kappa shape index (κ1) is 13.3. The topological polar surface area (TPSA) is 26.3 Å². The smallest absolute Gasteiger partial charge is 0.332 e. The van der Waals surface area contributed by atoms with Crippen LogP contribution in [0.15, 0.2) is 37.0 Å². The van der Waals surface area contributed by atoms with E-state index in [1.807, 2.05) is 6.92 Å². The van der Waals surface area contributed by atoms with Crippen LogP contribution in [0, 0.1) is 0 Å². The van der Waals surface area contributed by atoms with Gasteiger partial charge in [0.15, 0.2) is 0 Å². The molecule has 0 fully saturated rings. The third-order valence-corrected chi connectivity index (χ3v) is 0.882. The molecule has 0 spiro atoms. The van der Waals surface area contributed by atoms with E-state index in [4.69, 9.17) is 0 Å². The SMILES string of the molecule is C=C(C)C(=O)OC.C=CC(=C)C. The predicted octanol–water partition coefficient (Wildman–Crippen LogP) is 2.48. The van der Waals surface area contributed by atoms with Gasteiger partial charge in [0.05, 0.1) is 7.11 Å². The van der Waals surface area contributed by atoms with Gasteiger partial charge in [-0.25, -0.2) is 4.79 Å². The van der Waals surface area contributed by atoms with Crippen LogP contribution in [-0.4, -0.2) is 13.1 Å². The van der Waals surface area contributed by atoms with Crippen LogP contribution in [0.25, 0.3) is 0 Å². The second-order valence-electron chi connectivity index (χ2n) is 2.32. The summed E-state index contributed by atoms with van der Waals surface area (Å²) < 4.78 is 4.27. The zero-order valence-electron chi connectivity index (χ0n) is 8.02. The molecule has 2 heteroatoms. The van der Waals surface area contributed by atoms with E-state index >= 15 is 0 Å². The van der Waals surface area contributed by atoms with Crippen molar-refractivity contribution >= 4 is 5.97 Å². The Morgan fingerprint density at radius 3 is 1.67 bits per heavy atom. The van der Waals surface area contributed by atoms with Gasteiger partial charge in [0.1, 0.15) is 0 Å². The van der Waals surface area contributed by atoms with E-state index in [2.05, 4.69) is 24.5 Å². The molecule has 0 saturated carbocycles. The Morgan fingerprint density at radius 1 is 1.33 bits per heavy atom. The molecular weight excluding hydrogens is 152 g/mol. The summed E-state index contributed by atoms with van der Waals surface area (Å²) in [6.45, 7) is 13.9. The maximum atomic E-state index is 10.2. The summed E-state index contributed by atoms with van der Waals surface area (Å²) in [6.07, 6.45) is 1.72. The van der Waals surface area contributed by atoms with Crippen LogP contribution in [0.5, 0.6) is 0 Å². The molecule has 0 bridgehead atoms. The fourth-order valence-electron chi connectivity index (χ4n) is 0.174. The third kappa shape index (κ3) is 11.5. The van der Waals surface area contributed by atoms with Crippen LogP contribution in [0.2, 0.25) is 0 Å². The standard InChI is InChI=1S/C5H8O2.C5H8/c1-4(2)5(6)7-3;1-4-5(2)3/h1H2,2-3H3;4H,1-2H2,3H3. The van der Waals surface area contributed by atoms with Gasteiger partial charge in [-0.1, -0.05) is 31.4 Å². The molecule has 0 aromatic heterocycles. The first-order valence-corrected chi connectivity index (χ1v) is 3.47. The van der Waals surface area contributed by atoms with Crippen LogP contribution in [0.3, 0.4) is 0 Å². The molecule has 0 aliphatic rings. The van der Waals surface area contributed by atoms with Crippen molar-refractivity contribution in [2.75, 3.05) is 7.11 Å². The highest BCUT2D eigenvalue weighted by molar-refractivity contribution is 5.86. The molecule has 0 heterocycles. The Bertz CT molecular complexity index is 190. The molecule has 0 saturated heterocycles. The van der Waals surface area contributed by atoms with Gasteiger partial charge in [-0.3, -0.25) is 0 Å². The van der Waals surface area contributed by atoms with E-state index in [0.29, 0.717) is 5.57 Å². The molecular formula is C10H16O2. The molecule has 0 N–H and O–H groups in total. The van der Waals surface area contributed by atoms with Crippen LogP contribution < -0.4 is 0 Å². The minimum atomic E-state index is -0.347. The highest BCUT2D eigenvalue weighted by Gasteiger charge is 1.95. The lowest BCUT2D eigenvalue weighted by atomic mass is 10.4. The maximum absolute atomic E-state index is 10.2. The van der Waals surface area contributed by atoms with Crippen molar-refractivity contribution in [3.63, 3.8) is 0 Å². The van der Waals surface area contributed by atoms with Crippen molar-refractivity contribution in [1.29, 1.82) is 0 Å². The van der Waals surface area contributed by atoms with Gasteiger partial charge in [-0.2, -0.15) is 0 Å². The average Bonchev–Trinajstić information content (AvgIpc) is 2.04. The maximum Gasteiger partial charge on any atom is 0.332 e. The van der Waals surface area contributed by atoms with E-state index in [1.165, 1.54) is 7.11 Å². The minimum absolute atomic E-state index is 0.347. The van der Waals surface area contributed by atoms with Crippen LogP contribution in [0.4, 0.5) is 0 Å². The van der Waals surface area contributed by atoms with Crippen molar-refractivity contribution in [1.82, 2.24) is 0 Å². The summed E-state index contributed by atoms with van der Waals surface area (Å²) in [5.41, 5.74) is 1.45. The largest absolute Gasteiger partial charge is 0.466 e. The summed E-state index contributed by atoms with van der Waals surface area (Å²) in [6, 6.07) is 0. The van der Waals surface area contributed by atoms with E-state index in [0.717, 1.165) is 5.57 Å². The zero-order chi connectivity index (χ0) is 10.1. The third-order valence-electron chi connectivity index (χ3n) is 0.882. The van der Waals surface area contributed by atoms with Crippen LogP contribution in [0.1, 0.15) is 13.8 Å². The van der Waals surface area contributed by atoms with Crippen molar-refractivity contribution in [3.8, 4) is 0 Å². The molecule has 0 aromatic carbocycles. The van der Waals surface area contributed by atoms with E-state index in [1.54, 1.807) is 13.0 Å². The number of esters is 1. The molecule has 0 atom stereocenters. The number of hydrogen-bond acceptors (Lipinski definition) is 2. The second-order valence-corrected chi connectivity index (χ2v) is 2.32. The van der Waals surface area contributed by atoms with Gasteiger partial charge in [-0.15, -0.1) is 0 Å². The highest BCUT2D eigenvalue weighted by Crippen LogP contribution is 1.87. The molecule has 0 aliphatic carbocycles. The Labute approximate surface area is 74.2 Å². The second kappa shape index (κ2) is 7.79. The van der Waals surface area contributed by atoms with Crippen molar-refractivity contribution in [2.24, 2.45) is 0 Å². The lowest BCUT2D eigenvalue weighted by molar-refractivity contribution is -0.136. The fourth-order valence-corrected chi connectivity index (χ4v) is 0.174. The summed E-state index contributed by atoms with van der Waals surface area (Å²) in [5, 5.41) is 0. The lowest BCUT2D eigenvalue weighted by Gasteiger charge is -1.91.